The molecule has 1 rings (SSSR count). The summed E-state index contributed by atoms with van der Waals surface area (Å²) in [4.78, 5) is 48.0. The minimum atomic E-state index is -1.06. The van der Waals surface area contributed by atoms with Gasteiger partial charge in [-0.1, -0.05) is 40.7 Å². The van der Waals surface area contributed by atoms with Crippen LogP contribution in [0.1, 0.15) is 59.9 Å². The second-order valence-corrected chi connectivity index (χ2v) is 9.39. The number of hydrogen-bond acceptors (Lipinski definition) is 11. The lowest BCUT2D eigenvalue weighted by Crippen LogP contribution is -2.37. The van der Waals surface area contributed by atoms with Crippen molar-refractivity contribution < 1.29 is 47.6 Å². The van der Waals surface area contributed by atoms with Gasteiger partial charge in [0.1, 0.15) is 18.8 Å². The molecule has 208 valence electrons. The maximum absolute atomic E-state index is 12.4. The van der Waals surface area contributed by atoms with E-state index >= 15 is 0 Å². The van der Waals surface area contributed by atoms with Crippen LogP contribution in [-0.2, 0) is 35.0 Å². The average molecular weight is 526 g/mol. The Labute approximate surface area is 217 Å². The van der Waals surface area contributed by atoms with E-state index in [0.29, 0.717) is 12.0 Å². The van der Waals surface area contributed by atoms with E-state index < -0.39 is 30.4 Å². The summed E-state index contributed by atoms with van der Waals surface area (Å²) in [6, 6.07) is 3.30. The Hall–Kier alpha value is -3.34. The first-order valence-corrected chi connectivity index (χ1v) is 12.3. The Morgan fingerprint density at radius 2 is 1.38 bits per heavy atom. The fourth-order valence-electron chi connectivity index (χ4n) is 2.69. The topological polar surface area (TPSA) is 150 Å². The quantitative estimate of drug-likeness (QED) is 0.212. The third kappa shape index (κ3) is 13.5. The number of nitrogens with two attached hydrogens (primary N) is 1. The summed E-state index contributed by atoms with van der Waals surface area (Å²) in [7, 11) is 0. The highest BCUT2D eigenvalue weighted by atomic mass is 16.7. The molecule has 11 heteroatoms. The highest BCUT2D eigenvalue weighted by Crippen LogP contribution is 2.30. The summed E-state index contributed by atoms with van der Waals surface area (Å²) >= 11 is 0. The predicted molar refractivity (Wildman–Crippen MR) is 133 cm³/mol. The molecule has 0 spiro atoms. The molecule has 2 N–H and O–H groups in total. The average Bonchev–Trinajstić information content (AvgIpc) is 2.81. The van der Waals surface area contributed by atoms with E-state index in [0.717, 1.165) is 0 Å². The third-order valence-electron chi connectivity index (χ3n) is 4.47. The molecular formula is C26H39NO10. The van der Waals surface area contributed by atoms with Crippen molar-refractivity contribution in [3.8, 4) is 11.5 Å². The maximum atomic E-state index is 12.4. The molecule has 0 amide bonds. The summed E-state index contributed by atoms with van der Waals surface area (Å²) < 4.78 is 30.8. The molecule has 0 aliphatic heterocycles. The fourth-order valence-corrected chi connectivity index (χ4v) is 2.69. The van der Waals surface area contributed by atoms with E-state index in [1.165, 1.54) is 12.1 Å². The maximum Gasteiger partial charge on any atom is 0.513 e. The molecule has 0 radical (unpaired) electrons. The third-order valence-corrected chi connectivity index (χ3v) is 4.47. The molecule has 0 unspecified atom stereocenters. The van der Waals surface area contributed by atoms with Crippen LogP contribution in [0, 0.1) is 11.8 Å². The summed E-state index contributed by atoms with van der Waals surface area (Å²) in [5.41, 5.74) is 6.50. The van der Waals surface area contributed by atoms with Gasteiger partial charge in [-0.2, -0.15) is 0 Å². The van der Waals surface area contributed by atoms with Gasteiger partial charge in [-0.15, -0.1) is 0 Å². The summed E-state index contributed by atoms with van der Waals surface area (Å²) in [5, 5.41) is 0. The van der Waals surface area contributed by atoms with E-state index in [9.17, 15) is 19.2 Å². The van der Waals surface area contributed by atoms with Gasteiger partial charge in [0.05, 0.1) is 13.2 Å². The van der Waals surface area contributed by atoms with Crippen molar-refractivity contribution in [3.05, 3.63) is 23.8 Å². The van der Waals surface area contributed by atoms with Crippen LogP contribution in [0.25, 0.3) is 0 Å². The molecule has 0 aliphatic rings. The Morgan fingerprint density at radius 3 is 1.92 bits per heavy atom. The second kappa shape index (κ2) is 16.4. The van der Waals surface area contributed by atoms with Crippen molar-refractivity contribution in [2.75, 3.05) is 19.8 Å². The highest BCUT2D eigenvalue weighted by Gasteiger charge is 2.22. The van der Waals surface area contributed by atoms with Crippen LogP contribution in [0.5, 0.6) is 11.5 Å². The number of carbonyl (C=O) groups excluding carboxylic acids is 4. The molecule has 0 fully saturated rings. The zero-order valence-electron chi connectivity index (χ0n) is 22.4. The zero-order chi connectivity index (χ0) is 28.0. The Bertz CT molecular complexity index is 899. The minimum Gasteiger partial charge on any atom is -0.462 e. The Kier molecular flexibility index (Phi) is 14.1. The Balaban J connectivity index is 2.88. The number of benzene rings is 1. The van der Waals surface area contributed by atoms with E-state index in [-0.39, 0.29) is 62.0 Å². The molecule has 1 aromatic rings. The van der Waals surface area contributed by atoms with Crippen LogP contribution in [0.4, 0.5) is 9.59 Å². The van der Waals surface area contributed by atoms with Crippen LogP contribution < -0.4 is 15.2 Å². The van der Waals surface area contributed by atoms with E-state index in [1.807, 2.05) is 34.6 Å². The first kappa shape index (κ1) is 31.7. The fraction of sp³-hybridized carbons (Fsp3) is 0.615. The van der Waals surface area contributed by atoms with Crippen molar-refractivity contribution in [3.63, 3.8) is 0 Å². The SMILES string of the molecule is CCCC(=O)OC[C@H](C)OC(=O)[C@@H](N)Cc1ccc(OC(=O)OCC(C)C)c(OC(=O)OCC(C)C)c1. The molecule has 0 aromatic heterocycles. The summed E-state index contributed by atoms with van der Waals surface area (Å²) in [6.07, 6.45) is -1.66. The van der Waals surface area contributed by atoms with Crippen LogP contribution in [0.2, 0.25) is 0 Å². The molecule has 0 aliphatic carbocycles. The van der Waals surface area contributed by atoms with Crippen molar-refractivity contribution in [1.82, 2.24) is 0 Å². The van der Waals surface area contributed by atoms with Gasteiger partial charge in [0.15, 0.2) is 11.5 Å². The number of carbonyl (C=O) groups is 4. The van der Waals surface area contributed by atoms with Gasteiger partial charge in [0.2, 0.25) is 0 Å². The first-order valence-electron chi connectivity index (χ1n) is 12.3. The Morgan fingerprint density at radius 1 is 0.811 bits per heavy atom. The van der Waals surface area contributed by atoms with Crippen molar-refractivity contribution in [1.29, 1.82) is 0 Å². The normalized spacial score (nSPS) is 12.5. The monoisotopic (exact) mass is 525 g/mol. The lowest BCUT2D eigenvalue weighted by molar-refractivity contribution is -0.159. The molecule has 2 atom stereocenters. The highest BCUT2D eigenvalue weighted by molar-refractivity contribution is 5.76. The molecule has 37 heavy (non-hydrogen) atoms. The molecule has 1 aromatic carbocycles. The van der Waals surface area contributed by atoms with E-state index in [1.54, 1.807) is 13.0 Å². The molecule has 0 bridgehead atoms. The van der Waals surface area contributed by atoms with Gasteiger partial charge in [-0.25, -0.2) is 9.59 Å². The first-order chi connectivity index (χ1) is 17.4. The molecule has 0 heterocycles. The van der Waals surface area contributed by atoms with E-state index in [2.05, 4.69) is 0 Å². The smallest absolute Gasteiger partial charge is 0.462 e. The number of rotatable bonds is 14. The van der Waals surface area contributed by atoms with Crippen LogP contribution >= 0.6 is 0 Å². The number of hydrogen-bond donors (Lipinski definition) is 1. The van der Waals surface area contributed by atoms with Gasteiger partial charge < -0.3 is 34.2 Å². The van der Waals surface area contributed by atoms with Crippen molar-refractivity contribution >= 4 is 24.2 Å². The van der Waals surface area contributed by atoms with Gasteiger partial charge in [-0.3, -0.25) is 9.59 Å². The van der Waals surface area contributed by atoms with E-state index in [4.69, 9.17) is 34.2 Å². The zero-order valence-corrected chi connectivity index (χ0v) is 22.4. The molecule has 0 saturated carbocycles. The molecular weight excluding hydrogens is 486 g/mol. The predicted octanol–water partition coefficient (Wildman–Crippen LogP) is 4.17. The molecule has 0 saturated heterocycles. The van der Waals surface area contributed by atoms with Crippen LogP contribution in [0.15, 0.2) is 18.2 Å². The largest absolute Gasteiger partial charge is 0.513 e. The lowest BCUT2D eigenvalue weighted by Gasteiger charge is -2.18. The van der Waals surface area contributed by atoms with Crippen molar-refractivity contribution in [2.45, 2.75) is 73.0 Å². The van der Waals surface area contributed by atoms with Crippen LogP contribution in [0.3, 0.4) is 0 Å². The number of esters is 2. The van der Waals surface area contributed by atoms with Gasteiger partial charge in [-0.05, 0) is 49.3 Å². The standard InChI is InChI=1S/C26H39NO10/c1-7-8-23(28)32-15-18(6)35-24(29)20(27)11-19-9-10-21(36-25(30)33-13-16(2)3)22(12-19)37-26(31)34-14-17(4)5/h9-10,12,16-18,20H,7-8,11,13-15,27H2,1-6H3/t18-,20-/m0/s1. The second-order valence-electron chi connectivity index (χ2n) is 9.39. The van der Waals surface area contributed by atoms with Gasteiger partial charge in [0, 0.05) is 6.42 Å². The van der Waals surface area contributed by atoms with Gasteiger partial charge >= 0.3 is 24.2 Å². The number of ether oxygens (including phenoxy) is 6. The van der Waals surface area contributed by atoms with Gasteiger partial charge in [0.25, 0.3) is 0 Å². The van der Waals surface area contributed by atoms with Crippen LogP contribution in [-0.4, -0.2) is 56.2 Å². The minimum absolute atomic E-state index is 0.0245. The summed E-state index contributed by atoms with van der Waals surface area (Å²) in [6.45, 7) is 11.1. The van der Waals surface area contributed by atoms with Crippen molar-refractivity contribution in [2.24, 2.45) is 17.6 Å². The summed E-state index contributed by atoms with van der Waals surface area (Å²) in [5.74, 6) is -1.06. The molecule has 11 nitrogen and oxygen atoms in total. The lowest BCUT2D eigenvalue weighted by atomic mass is 10.1.